The van der Waals surface area contributed by atoms with Gasteiger partial charge in [0.05, 0.1) is 4.47 Å². The highest BCUT2D eigenvalue weighted by Gasteiger charge is 2.09. The Labute approximate surface area is 121 Å². The Bertz CT molecular complexity index is 555. The van der Waals surface area contributed by atoms with Crippen LogP contribution in [-0.4, -0.2) is 11.7 Å². The Kier molecular flexibility index (Phi) is 4.45. The van der Waals surface area contributed by atoms with Crippen molar-refractivity contribution in [2.75, 3.05) is 12.3 Å². The van der Waals surface area contributed by atoms with Gasteiger partial charge in [-0.1, -0.05) is 18.2 Å². The van der Waals surface area contributed by atoms with Gasteiger partial charge in [0.2, 0.25) is 0 Å². The zero-order valence-electron chi connectivity index (χ0n) is 10.6. The minimum absolute atomic E-state index is 0.200. The molecule has 0 saturated heterocycles. The highest BCUT2D eigenvalue weighted by molar-refractivity contribution is 9.10. The summed E-state index contributed by atoms with van der Waals surface area (Å²) in [7, 11) is 0. The molecular formula is C15H16BrNO2. The summed E-state index contributed by atoms with van der Waals surface area (Å²) >= 11 is 3.44. The van der Waals surface area contributed by atoms with E-state index in [1.165, 1.54) is 0 Å². The van der Waals surface area contributed by atoms with Gasteiger partial charge in [0.15, 0.2) is 0 Å². The summed E-state index contributed by atoms with van der Waals surface area (Å²) in [6.07, 6.45) is -0.672. The second kappa shape index (κ2) is 6.08. The molecular weight excluding hydrogens is 306 g/mol. The fourth-order valence-electron chi connectivity index (χ4n) is 1.71. The fraction of sp³-hybridized carbons (Fsp3) is 0.200. The van der Waals surface area contributed by atoms with Crippen LogP contribution in [0, 0.1) is 6.92 Å². The molecule has 2 aromatic rings. The van der Waals surface area contributed by atoms with Crippen LogP contribution >= 0.6 is 15.9 Å². The maximum atomic E-state index is 10.0. The number of nitrogen functional groups attached to an aromatic ring is 1. The predicted octanol–water partition coefficient (Wildman–Crippen LogP) is 3.45. The molecule has 0 amide bonds. The maximum Gasteiger partial charge on any atom is 0.133 e. The second-order valence-electron chi connectivity index (χ2n) is 4.43. The van der Waals surface area contributed by atoms with Crippen molar-refractivity contribution in [2.45, 2.75) is 13.0 Å². The first kappa shape index (κ1) is 13.9. The van der Waals surface area contributed by atoms with Crippen molar-refractivity contribution >= 4 is 21.6 Å². The van der Waals surface area contributed by atoms with Gasteiger partial charge in [-0.3, -0.25) is 0 Å². The molecule has 3 nitrogen and oxygen atoms in total. The van der Waals surface area contributed by atoms with Gasteiger partial charge in [-0.05, 0) is 58.2 Å². The number of benzene rings is 2. The number of hydrogen-bond donors (Lipinski definition) is 2. The highest BCUT2D eigenvalue weighted by atomic mass is 79.9. The summed E-state index contributed by atoms with van der Waals surface area (Å²) < 4.78 is 6.50. The minimum atomic E-state index is -0.672. The number of ether oxygens (including phenoxy) is 1. The average molecular weight is 322 g/mol. The normalized spacial score (nSPS) is 12.2. The second-order valence-corrected chi connectivity index (χ2v) is 5.28. The molecule has 4 heteroatoms. The van der Waals surface area contributed by atoms with E-state index in [0.29, 0.717) is 5.69 Å². The van der Waals surface area contributed by atoms with Crippen molar-refractivity contribution in [3.8, 4) is 5.75 Å². The van der Waals surface area contributed by atoms with Gasteiger partial charge in [0, 0.05) is 5.69 Å². The van der Waals surface area contributed by atoms with Crippen LogP contribution in [0.4, 0.5) is 5.69 Å². The quantitative estimate of drug-likeness (QED) is 0.848. The van der Waals surface area contributed by atoms with Gasteiger partial charge >= 0.3 is 0 Å². The van der Waals surface area contributed by atoms with E-state index in [4.69, 9.17) is 10.5 Å². The lowest BCUT2D eigenvalue weighted by Gasteiger charge is -2.14. The summed E-state index contributed by atoms with van der Waals surface area (Å²) in [6.45, 7) is 2.21. The smallest absolute Gasteiger partial charge is 0.133 e. The Morgan fingerprint density at radius 1 is 1.21 bits per heavy atom. The van der Waals surface area contributed by atoms with Gasteiger partial charge in [-0.25, -0.2) is 0 Å². The molecule has 0 heterocycles. The lowest BCUT2D eigenvalue weighted by Crippen LogP contribution is -2.10. The average Bonchev–Trinajstić information content (AvgIpc) is 2.38. The van der Waals surface area contributed by atoms with Crippen LogP contribution in [0.15, 0.2) is 46.9 Å². The van der Waals surface area contributed by atoms with Crippen LogP contribution in [0.1, 0.15) is 17.2 Å². The molecule has 0 aliphatic rings. The molecule has 1 atom stereocenters. The third-order valence-electron chi connectivity index (χ3n) is 2.81. The summed E-state index contributed by atoms with van der Waals surface area (Å²) in [4.78, 5) is 0. The molecule has 0 aliphatic heterocycles. The van der Waals surface area contributed by atoms with E-state index in [1.54, 1.807) is 24.3 Å². The number of aliphatic hydroxyl groups is 1. The molecule has 0 aromatic heterocycles. The standard InChI is InChI=1S/C15H16BrNO2/c1-10-2-7-15(13(16)8-10)19-9-14(18)11-3-5-12(17)6-4-11/h2-8,14,18H,9,17H2,1H3. The zero-order chi connectivity index (χ0) is 13.8. The molecule has 0 bridgehead atoms. The summed E-state index contributed by atoms with van der Waals surface area (Å²) in [5.41, 5.74) is 8.23. The summed E-state index contributed by atoms with van der Waals surface area (Å²) in [5, 5.41) is 10.0. The van der Waals surface area contributed by atoms with Crippen LogP contribution in [0.5, 0.6) is 5.75 Å². The summed E-state index contributed by atoms with van der Waals surface area (Å²) in [6, 6.07) is 13.0. The number of hydrogen-bond acceptors (Lipinski definition) is 3. The number of aryl methyl sites for hydroxylation is 1. The molecule has 100 valence electrons. The van der Waals surface area contributed by atoms with E-state index < -0.39 is 6.10 Å². The molecule has 1 unspecified atom stereocenters. The SMILES string of the molecule is Cc1ccc(OCC(O)c2ccc(N)cc2)c(Br)c1. The lowest BCUT2D eigenvalue weighted by molar-refractivity contribution is 0.108. The first-order chi connectivity index (χ1) is 9.06. The molecule has 0 fully saturated rings. The van der Waals surface area contributed by atoms with Crippen molar-refractivity contribution in [1.82, 2.24) is 0 Å². The van der Waals surface area contributed by atoms with Crippen LogP contribution in [0.2, 0.25) is 0 Å². The van der Waals surface area contributed by atoms with Crippen molar-refractivity contribution in [3.05, 3.63) is 58.1 Å². The molecule has 0 aliphatic carbocycles. The Morgan fingerprint density at radius 3 is 2.53 bits per heavy atom. The molecule has 0 spiro atoms. The molecule has 0 saturated carbocycles. The molecule has 19 heavy (non-hydrogen) atoms. The number of anilines is 1. The Hall–Kier alpha value is -1.52. The van der Waals surface area contributed by atoms with E-state index >= 15 is 0 Å². The van der Waals surface area contributed by atoms with Crippen molar-refractivity contribution in [1.29, 1.82) is 0 Å². The predicted molar refractivity (Wildman–Crippen MR) is 80.2 cm³/mol. The molecule has 0 radical (unpaired) electrons. The third-order valence-corrected chi connectivity index (χ3v) is 3.43. The topological polar surface area (TPSA) is 55.5 Å². The molecule has 3 N–H and O–H groups in total. The number of nitrogens with two attached hydrogens (primary N) is 1. The van der Waals surface area contributed by atoms with Gasteiger partial charge < -0.3 is 15.6 Å². The number of halogens is 1. The Morgan fingerprint density at radius 2 is 1.89 bits per heavy atom. The van der Waals surface area contributed by atoms with E-state index in [1.807, 2.05) is 25.1 Å². The largest absolute Gasteiger partial charge is 0.489 e. The first-order valence-corrected chi connectivity index (χ1v) is 6.78. The van der Waals surface area contributed by atoms with Gasteiger partial charge in [-0.2, -0.15) is 0 Å². The van der Waals surface area contributed by atoms with E-state index in [9.17, 15) is 5.11 Å². The minimum Gasteiger partial charge on any atom is -0.489 e. The van der Waals surface area contributed by atoms with Crippen molar-refractivity contribution in [3.63, 3.8) is 0 Å². The monoisotopic (exact) mass is 321 g/mol. The lowest BCUT2D eigenvalue weighted by atomic mass is 10.1. The van der Waals surface area contributed by atoms with Crippen LogP contribution in [0.25, 0.3) is 0 Å². The molecule has 2 rings (SSSR count). The Balaban J connectivity index is 2.00. The van der Waals surface area contributed by atoms with E-state index in [0.717, 1.165) is 21.3 Å². The zero-order valence-corrected chi connectivity index (χ0v) is 12.2. The van der Waals surface area contributed by atoms with Gasteiger partial charge in [0.25, 0.3) is 0 Å². The molecule has 2 aromatic carbocycles. The third kappa shape index (κ3) is 3.72. The van der Waals surface area contributed by atoms with E-state index in [2.05, 4.69) is 15.9 Å². The van der Waals surface area contributed by atoms with E-state index in [-0.39, 0.29) is 6.61 Å². The van der Waals surface area contributed by atoms with Gasteiger partial charge in [0.1, 0.15) is 18.5 Å². The first-order valence-electron chi connectivity index (χ1n) is 5.98. The summed E-state index contributed by atoms with van der Waals surface area (Å²) in [5.74, 6) is 0.722. The highest BCUT2D eigenvalue weighted by Crippen LogP contribution is 2.27. The maximum absolute atomic E-state index is 10.0. The van der Waals surface area contributed by atoms with Crippen molar-refractivity contribution < 1.29 is 9.84 Å². The van der Waals surface area contributed by atoms with Gasteiger partial charge in [-0.15, -0.1) is 0 Å². The van der Waals surface area contributed by atoms with Crippen molar-refractivity contribution in [2.24, 2.45) is 0 Å². The number of rotatable bonds is 4. The fourth-order valence-corrected chi connectivity index (χ4v) is 2.31. The van der Waals surface area contributed by atoms with Crippen LogP contribution in [-0.2, 0) is 0 Å². The van der Waals surface area contributed by atoms with Crippen LogP contribution in [0.3, 0.4) is 0 Å². The van der Waals surface area contributed by atoms with Crippen LogP contribution < -0.4 is 10.5 Å². The number of aliphatic hydroxyl groups excluding tert-OH is 1.